The van der Waals surface area contributed by atoms with E-state index in [4.69, 9.17) is 0 Å². The zero-order valence-corrected chi connectivity index (χ0v) is 13.8. The van der Waals surface area contributed by atoms with Crippen molar-refractivity contribution in [3.63, 3.8) is 0 Å². The van der Waals surface area contributed by atoms with Crippen LogP contribution in [0.1, 0.15) is 50.5 Å². The van der Waals surface area contributed by atoms with Gasteiger partial charge in [-0.1, -0.05) is 32.1 Å². The van der Waals surface area contributed by atoms with Crippen LogP contribution in [0.2, 0.25) is 0 Å². The average Bonchev–Trinajstić information content (AvgIpc) is 2.49. The normalized spacial score (nSPS) is 11.2. The molecular weight excluding hydrogens is 264 g/mol. The van der Waals surface area contributed by atoms with Crippen molar-refractivity contribution in [2.24, 2.45) is 0 Å². The Morgan fingerprint density at radius 2 is 1.50 bits per heavy atom. The molecule has 0 saturated carbocycles. The fourth-order valence-electron chi connectivity index (χ4n) is 2.36. The predicted molar refractivity (Wildman–Crippen MR) is 91.6 cm³/mol. The molecule has 0 unspecified atom stereocenters. The minimum Gasteiger partial charge on any atom is -0.306 e. The Morgan fingerprint density at radius 1 is 0.900 bits per heavy atom. The Labute approximate surface area is 130 Å². The molecule has 0 N–H and O–H groups in total. The third-order valence-electron chi connectivity index (χ3n) is 3.73. The molecule has 0 saturated heterocycles. The molecule has 1 heterocycles. The van der Waals surface area contributed by atoms with Gasteiger partial charge in [0.2, 0.25) is 0 Å². The van der Waals surface area contributed by atoms with Gasteiger partial charge in [-0.3, -0.25) is 4.98 Å². The van der Waals surface area contributed by atoms with Crippen LogP contribution >= 0.6 is 12.6 Å². The van der Waals surface area contributed by atoms with Gasteiger partial charge in [0.15, 0.2) is 0 Å². The van der Waals surface area contributed by atoms with Crippen LogP contribution in [-0.2, 0) is 6.42 Å². The summed E-state index contributed by atoms with van der Waals surface area (Å²) in [7, 11) is 2.23. The summed E-state index contributed by atoms with van der Waals surface area (Å²) < 4.78 is 0. The van der Waals surface area contributed by atoms with Crippen LogP contribution in [0.3, 0.4) is 0 Å². The first-order valence-electron chi connectivity index (χ1n) is 8.01. The largest absolute Gasteiger partial charge is 0.306 e. The molecule has 1 rings (SSSR count). The van der Waals surface area contributed by atoms with Crippen LogP contribution in [0.15, 0.2) is 24.5 Å². The number of likely N-dealkylation sites (N-methyl/N-ethyl adjacent to an activating group) is 1. The summed E-state index contributed by atoms with van der Waals surface area (Å²) in [6.07, 6.45) is 14.4. The molecule has 3 heteroatoms. The van der Waals surface area contributed by atoms with E-state index >= 15 is 0 Å². The lowest BCUT2D eigenvalue weighted by molar-refractivity contribution is 0.327. The summed E-state index contributed by atoms with van der Waals surface area (Å²) in [5.74, 6) is 1.04. The summed E-state index contributed by atoms with van der Waals surface area (Å²) in [6, 6.07) is 4.22. The molecule has 0 fully saturated rings. The van der Waals surface area contributed by atoms with Crippen LogP contribution in [0.25, 0.3) is 0 Å². The fraction of sp³-hybridized carbons (Fsp3) is 0.706. The van der Waals surface area contributed by atoms with Crippen LogP contribution in [-0.4, -0.2) is 35.8 Å². The average molecular weight is 295 g/mol. The maximum Gasteiger partial charge on any atom is 0.0270 e. The molecule has 20 heavy (non-hydrogen) atoms. The van der Waals surface area contributed by atoms with E-state index in [2.05, 4.69) is 41.7 Å². The standard InChI is InChI=1S/C17H30N2S/c1-19(15-11-17-9-12-18-13-10-17)14-7-5-3-2-4-6-8-16-20/h9-10,12-13,20H,2-8,11,14-16H2,1H3. The lowest BCUT2D eigenvalue weighted by Crippen LogP contribution is -2.22. The van der Waals surface area contributed by atoms with Gasteiger partial charge in [-0.25, -0.2) is 0 Å². The van der Waals surface area contributed by atoms with E-state index in [0.29, 0.717) is 0 Å². The molecule has 114 valence electrons. The van der Waals surface area contributed by atoms with E-state index in [0.717, 1.165) is 18.7 Å². The smallest absolute Gasteiger partial charge is 0.0270 e. The highest BCUT2D eigenvalue weighted by Crippen LogP contribution is 2.08. The number of nitrogens with zero attached hydrogens (tertiary/aromatic N) is 2. The number of pyridine rings is 1. The van der Waals surface area contributed by atoms with Crippen molar-refractivity contribution >= 4 is 12.6 Å². The third-order valence-corrected chi connectivity index (χ3v) is 4.05. The molecule has 1 aromatic heterocycles. The van der Waals surface area contributed by atoms with Crippen molar-refractivity contribution in [1.29, 1.82) is 0 Å². The monoisotopic (exact) mass is 294 g/mol. The Bertz CT molecular complexity index is 316. The molecule has 0 aromatic carbocycles. The van der Waals surface area contributed by atoms with Gasteiger partial charge in [-0.15, -0.1) is 0 Å². The summed E-state index contributed by atoms with van der Waals surface area (Å²) in [6.45, 7) is 2.37. The second-order valence-electron chi connectivity index (χ2n) is 5.61. The number of thiol groups is 1. The molecule has 0 radical (unpaired) electrons. The molecule has 0 spiro atoms. The van der Waals surface area contributed by atoms with Gasteiger partial charge >= 0.3 is 0 Å². The Morgan fingerprint density at radius 3 is 2.15 bits per heavy atom. The van der Waals surface area contributed by atoms with E-state index in [1.807, 2.05) is 12.4 Å². The first-order valence-corrected chi connectivity index (χ1v) is 8.64. The van der Waals surface area contributed by atoms with Crippen molar-refractivity contribution in [3.05, 3.63) is 30.1 Å². The second-order valence-corrected chi connectivity index (χ2v) is 6.05. The quantitative estimate of drug-likeness (QED) is 0.459. The zero-order valence-electron chi connectivity index (χ0n) is 12.9. The van der Waals surface area contributed by atoms with Gasteiger partial charge < -0.3 is 4.90 Å². The molecule has 0 aliphatic heterocycles. The van der Waals surface area contributed by atoms with Crippen molar-refractivity contribution in [1.82, 2.24) is 9.88 Å². The van der Waals surface area contributed by atoms with E-state index in [1.54, 1.807) is 0 Å². The minimum absolute atomic E-state index is 1.04. The van der Waals surface area contributed by atoms with E-state index < -0.39 is 0 Å². The molecule has 0 aliphatic carbocycles. The highest BCUT2D eigenvalue weighted by molar-refractivity contribution is 7.80. The highest BCUT2D eigenvalue weighted by atomic mass is 32.1. The third kappa shape index (κ3) is 9.38. The number of rotatable bonds is 12. The van der Waals surface area contributed by atoms with E-state index in [9.17, 15) is 0 Å². The van der Waals surface area contributed by atoms with Crippen molar-refractivity contribution in [2.45, 2.75) is 51.4 Å². The molecule has 1 aromatic rings. The first-order chi connectivity index (χ1) is 9.83. The van der Waals surface area contributed by atoms with Crippen molar-refractivity contribution in [2.75, 3.05) is 25.9 Å². The molecular formula is C17H30N2S. The summed E-state index contributed by atoms with van der Waals surface area (Å²) >= 11 is 4.24. The van der Waals surface area contributed by atoms with Gasteiger partial charge in [-0.05, 0) is 56.3 Å². The first kappa shape index (κ1) is 17.5. The maximum atomic E-state index is 4.24. The number of aromatic nitrogens is 1. The Balaban J connectivity index is 1.91. The van der Waals surface area contributed by atoms with Gasteiger partial charge in [0.25, 0.3) is 0 Å². The van der Waals surface area contributed by atoms with Crippen molar-refractivity contribution in [3.8, 4) is 0 Å². The van der Waals surface area contributed by atoms with Crippen LogP contribution in [0, 0.1) is 0 Å². The van der Waals surface area contributed by atoms with E-state index in [1.165, 1.54) is 57.1 Å². The van der Waals surface area contributed by atoms with Crippen LogP contribution in [0.4, 0.5) is 0 Å². The molecule has 0 amide bonds. The number of hydrogen-bond acceptors (Lipinski definition) is 3. The lowest BCUT2D eigenvalue weighted by Gasteiger charge is -2.16. The molecule has 0 aliphatic rings. The molecule has 0 atom stereocenters. The van der Waals surface area contributed by atoms with Crippen LogP contribution < -0.4 is 0 Å². The summed E-state index contributed by atoms with van der Waals surface area (Å²) in [5, 5.41) is 0. The highest BCUT2D eigenvalue weighted by Gasteiger charge is 1.99. The predicted octanol–water partition coefficient (Wildman–Crippen LogP) is 4.22. The van der Waals surface area contributed by atoms with Crippen LogP contribution in [0.5, 0.6) is 0 Å². The van der Waals surface area contributed by atoms with Gasteiger partial charge in [0.1, 0.15) is 0 Å². The minimum atomic E-state index is 1.04. The molecule has 2 nitrogen and oxygen atoms in total. The summed E-state index contributed by atoms with van der Waals surface area (Å²) in [5.41, 5.74) is 1.39. The van der Waals surface area contributed by atoms with Gasteiger partial charge in [0.05, 0.1) is 0 Å². The summed E-state index contributed by atoms with van der Waals surface area (Å²) in [4.78, 5) is 6.50. The fourth-order valence-corrected chi connectivity index (χ4v) is 2.58. The second kappa shape index (κ2) is 12.2. The molecule has 0 bridgehead atoms. The number of hydrogen-bond donors (Lipinski definition) is 1. The van der Waals surface area contributed by atoms with Gasteiger partial charge in [-0.2, -0.15) is 12.6 Å². The van der Waals surface area contributed by atoms with Gasteiger partial charge in [0, 0.05) is 18.9 Å². The lowest BCUT2D eigenvalue weighted by atomic mass is 10.1. The topological polar surface area (TPSA) is 16.1 Å². The Hall–Kier alpha value is -0.540. The maximum absolute atomic E-state index is 4.24. The Kier molecular flexibility index (Phi) is 10.7. The van der Waals surface area contributed by atoms with E-state index in [-0.39, 0.29) is 0 Å². The zero-order chi connectivity index (χ0) is 14.5. The van der Waals surface area contributed by atoms with Crippen molar-refractivity contribution < 1.29 is 0 Å². The SMILES string of the molecule is CN(CCCCCCCCCS)CCc1ccncc1. The number of unbranched alkanes of at least 4 members (excludes halogenated alkanes) is 6.